The fourth-order valence-corrected chi connectivity index (χ4v) is 5.09. The van der Waals surface area contributed by atoms with Crippen molar-refractivity contribution in [2.24, 2.45) is 5.41 Å². The van der Waals surface area contributed by atoms with E-state index < -0.39 is 0 Å². The third-order valence-electron chi connectivity index (χ3n) is 6.55. The first-order valence-electron chi connectivity index (χ1n) is 10.4. The van der Waals surface area contributed by atoms with Crippen molar-refractivity contribution in [2.75, 3.05) is 39.3 Å². The van der Waals surface area contributed by atoms with Crippen LogP contribution in [0.15, 0.2) is 24.3 Å². The quantitative estimate of drug-likeness (QED) is 0.833. The Morgan fingerprint density at radius 1 is 1.22 bits per heavy atom. The zero-order chi connectivity index (χ0) is 18.7. The molecule has 0 aromatic heterocycles. The van der Waals surface area contributed by atoms with Crippen molar-refractivity contribution in [3.05, 3.63) is 34.9 Å². The number of rotatable bonds is 3. The lowest BCUT2D eigenvalue weighted by Gasteiger charge is -2.41. The molecule has 6 heteroatoms. The lowest BCUT2D eigenvalue weighted by molar-refractivity contribution is 0.112. The van der Waals surface area contributed by atoms with E-state index in [2.05, 4.69) is 26.5 Å². The zero-order valence-electron chi connectivity index (χ0n) is 16.1. The molecule has 1 aromatic carbocycles. The largest absolute Gasteiger partial charge is 0.335 e. The Balaban J connectivity index is 1.24. The lowest BCUT2D eigenvalue weighted by atomic mass is 9.79. The average Bonchev–Trinajstić information content (AvgIpc) is 3.12. The van der Waals surface area contributed by atoms with Gasteiger partial charge in [-0.05, 0) is 50.3 Å². The molecule has 3 fully saturated rings. The van der Waals surface area contributed by atoms with Gasteiger partial charge >= 0.3 is 6.03 Å². The fourth-order valence-electron chi connectivity index (χ4n) is 4.89. The summed E-state index contributed by atoms with van der Waals surface area (Å²) in [5.74, 6) is 0. The Labute approximate surface area is 167 Å². The van der Waals surface area contributed by atoms with Gasteiger partial charge in [-0.3, -0.25) is 4.90 Å². The maximum absolute atomic E-state index is 12.8. The van der Waals surface area contributed by atoms with Gasteiger partial charge in [-0.2, -0.15) is 0 Å². The Morgan fingerprint density at radius 2 is 2.04 bits per heavy atom. The molecular formula is C21H31ClN4O. The number of benzene rings is 1. The van der Waals surface area contributed by atoms with Crippen LogP contribution in [0.5, 0.6) is 0 Å². The first kappa shape index (κ1) is 19.0. The molecule has 5 nitrogen and oxygen atoms in total. The molecule has 1 unspecified atom stereocenters. The summed E-state index contributed by atoms with van der Waals surface area (Å²) in [7, 11) is 0. The molecule has 0 aliphatic carbocycles. The number of carbonyl (C=O) groups is 1. The molecule has 3 heterocycles. The third kappa shape index (κ3) is 4.58. The molecule has 148 valence electrons. The molecule has 0 bridgehead atoms. The van der Waals surface area contributed by atoms with Gasteiger partial charge in [0.1, 0.15) is 0 Å². The van der Waals surface area contributed by atoms with Crippen LogP contribution in [0.2, 0.25) is 5.02 Å². The normalized spacial score (nSPS) is 27.2. The number of halogens is 1. The van der Waals surface area contributed by atoms with Crippen LogP contribution in [0.25, 0.3) is 0 Å². The van der Waals surface area contributed by atoms with Gasteiger partial charge in [0.25, 0.3) is 0 Å². The minimum Gasteiger partial charge on any atom is -0.335 e. The highest BCUT2D eigenvalue weighted by atomic mass is 35.5. The molecular weight excluding hydrogens is 360 g/mol. The summed E-state index contributed by atoms with van der Waals surface area (Å²) in [6, 6.07) is 8.50. The van der Waals surface area contributed by atoms with E-state index in [0.717, 1.165) is 70.1 Å². The van der Waals surface area contributed by atoms with Crippen molar-refractivity contribution in [3.8, 4) is 0 Å². The lowest BCUT2D eigenvalue weighted by Crippen LogP contribution is -2.54. The molecule has 27 heavy (non-hydrogen) atoms. The maximum atomic E-state index is 12.8. The molecule has 2 N–H and O–H groups in total. The van der Waals surface area contributed by atoms with Crippen molar-refractivity contribution in [1.82, 2.24) is 20.4 Å². The Hall–Kier alpha value is -1.30. The van der Waals surface area contributed by atoms with Crippen molar-refractivity contribution in [3.63, 3.8) is 0 Å². The third-order valence-corrected chi connectivity index (χ3v) is 6.92. The number of carbonyl (C=O) groups excluding carboxylic acids is 1. The predicted octanol–water partition coefficient (Wildman–Crippen LogP) is 3.09. The maximum Gasteiger partial charge on any atom is 0.317 e. The predicted molar refractivity (Wildman–Crippen MR) is 109 cm³/mol. The molecule has 2 amide bonds. The molecule has 0 saturated carbocycles. The van der Waals surface area contributed by atoms with Crippen molar-refractivity contribution in [1.29, 1.82) is 0 Å². The molecule has 4 rings (SSSR count). The average molecular weight is 391 g/mol. The number of urea groups is 1. The summed E-state index contributed by atoms with van der Waals surface area (Å²) in [5.41, 5.74) is 1.51. The molecule has 0 radical (unpaired) electrons. The van der Waals surface area contributed by atoms with Crippen LogP contribution < -0.4 is 10.6 Å². The summed E-state index contributed by atoms with van der Waals surface area (Å²) in [6.07, 6.45) is 5.61. The minimum absolute atomic E-state index is 0.144. The van der Waals surface area contributed by atoms with E-state index in [1.54, 1.807) is 0 Å². The molecule has 1 spiro atoms. The van der Waals surface area contributed by atoms with Crippen LogP contribution in [0.3, 0.4) is 0 Å². The van der Waals surface area contributed by atoms with Crippen LogP contribution in [0, 0.1) is 5.41 Å². The number of piperidine rings is 2. The van der Waals surface area contributed by atoms with Gasteiger partial charge in [0.15, 0.2) is 0 Å². The second kappa shape index (κ2) is 8.38. The van der Waals surface area contributed by atoms with Gasteiger partial charge in [0, 0.05) is 55.7 Å². The van der Waals surface area contributed by atoms with Crippen molar-refractivity contribution < 1.29 is 4.79 Å². The first-order valence-corrected chi connectivity index (χ1v) is 10.7. The Kier molecular flexibility index (Phi) is 5.90. The fraction of sp³-hybridized carbons (Fsp3) is 0.667. The van der Waals surface area contributed by atoms with Gasteiger partial charge in [0.2, 0.25) is 0 Å². The van der Waals surface area contributed by atoms with Crippen molar-refractivity contribution >= 4 is 17.6 Å². The highest BCUT2D eigenvalue weighted by Crippen LogP contribution is 2.35. The number of hydrogen-bond donors (Lipinski definition) is 2. The number of hydrogen-bond acceptors (Lipinski definition) is 3. The number of nitrogens with one attached hydrogen (secondary N) is 2. The molecule has 3 saturated heterocycles. The zero-order valence-corrected chi connectivity index (χ0v) is 16.8. The van der Waals surface area contributed by atoms with Gasteiger partial charge in [-0.15, -0.1) is 0 Å². The highest BCUT2D eigenvalue weighted by molar-refractivity contribution is 6.31. The van der Waals surface area contributed by atoms with Gasteiger partial charge in [-0.1, -0.05) is 29.8 Å². The summed E-state index contributed by atoms with van der Waals surface area (Å²) in [4.78, 5) is 17.3. The van der Waals surface area contributed by atoms with Gasteiger partial charge in [0.05, 0.1) is 0 Å². The van der Waals surface area contributed by atoms with E-state index in [9.17, 15) is 4.79 Å². The minimum atomic E-state index is 0.144. The second-order valence-corrected chi connectivity index (χ2v) is 8.95. The van der Waals surface area contributed by atoms with Crippen LogP contribution in [-0.4, -0.2) is 61.1 Å². The van der Waals surface area contributed by atoms with Crippen LogP contribution in [-0.2, 0) is 6.54 Å². The number of likely N-dealkylation sites (tertiary alicyclic amines) is 2. The Morgan fingerprint density at radius 3 is 2.78 bits per heavy atom. The molecule has 3 aliphatic heterocycles. The van der Waals surface area contributed by atoms with Crippen LogP contribution in [0.4, 0.5) is 4.79 Å². The van der Waals surface area contributed by atoms with Crippen molar-refractivity contribution in [2.45, 2.75) is 44.7 Å². The molecule has 3 aliphatic rings. The van der Waals surface area contributed by atoms with E-state index in [0.29, 0.717) is 11.5 Å². The monoisotopic (exact) mass is 390 g/mol. The van der Waals surface area contributed by atoms with Crippen LogP contribution >= 0.6 is 11.6 Å². The SMILES string of the molecule is O=C(NC1CCN(Cc2ccccc2Cl)CC1)N1CCCC2(CCNC2)C1. The number of amides is 2. The van der Waals surface area contributed by atoms with Gasteiger partial charge in [-0.25, -0.2) is 4.79 Å². The first-order chi connectivity index (χ1) is 13.1. The molecule has 1 atom stereocenters. The Bertz CT molecular complexity index is 653. The van der Waals surface area contributed by atoms with E-state index in [-0.39, 0.29) is 6.03 Å². The van der Waals surface area contributed by atoms with Crippen LogP contribution in [0.1, 0.15) is 37.7 Å². The van der Waals surface area contributed by atoms with E-state index in [1.165, 1.54) is 18.4 Å². The van der Waals surface area contributed by atoms with E-state index in [4.69, 9.17) is 11.6 Å². The summed E-state index contributed by atoms with van der Waals surface area (Å²) in [5, 5.41) is 7.62. The summed E-state index contributed by atoms with van der Waals surface area (Å²) < 4.78 is 0. The smallest absolute Gasteiger partial charge is 0.317 e. The topological polar surface area (TPSA) is 47.6 Å². The highest BCUT2D eigenvalue weighted by Gasteiger charge is 2.39. The standard InChI is InChI=1S/C21H31ClN4O/c22-19-5-2-1-4-17(19)14-25-12-6-18(7-13-25)24-20(27)26-11-3-8-21(16-26)9-10-23-15-21/h1-2,4-5,18,23H,3,6-16H2,(H,24,27). The summed E-state index contributed by atoms with van der Waals surface area (Å²) in [6.45, 7) is 6.88. The van der Waals surface area contributed by atoms with E-state index in [1.807, 2.05) is 18.2 Å². The van der Waals surface area contributed by atoms with E-state index >= 15 is 0 Å². The summed E-state index contributed by atoms with van der Waals surface area (Å²) >= 11 is 6.28. The number of nitrogens with zero attached hydrogens (tertiary/aromatic N) is 2. The van der Waals surface area contributed by atoms with Gasteiger partial charge < -0.3 is 15.5 Å². The second-order valence-electron chi connectivity index (χ2n) is 8.54. The molecule has 1 aromatic rings.